The molecule has 0 unspecified atom stereocenters. The number of benzene rings is 1. The van der Waals surface area contributed by atoms with Gasteiger partial charge in [-0.25, -0.2) is 0 Å². The second-order valence-electron chi connectivity index (χ2n) is 6.58. The Balaban J connectivity index is 1.92. The van der Waals surface area contributed by atoms with Crippen LogP contribution in [0.4, 0.5) is 0 Å². The maximum Gasteiger partial charge on any atom is 0.0248 e. The lowest BCUT2D eigenvalue weighted by molar-refractivity contribution is 0.197. The van der Waals surface area contributed by atoms with Crippen LogP contribution in [0, 0.1) is 23.2 Å². The molecule has 19 heavy (non-hydrogen) atoms. The molecule has 0 heteroatoms. The van der Waals surface area contributed by atoms with Gasteiger partial charge in [0, 0.05) is 5.56 Å². The lowest BCUT2D eigenvalue weighted by Gasteiger charge is -2.34. The standard InChI is InChI=1S/C19H24/c1-19(2,3)18-14-12-17(13-15-18)11-7-10-16-8-5-4-6-9-16/h4-6,8-9,11,18H,12-15H2,1-3H3. The Kier molecular flexibility index (Phi) is 4.48. The first-order chi connectivity index (χ1) is 9.05. The van der Waals surface area contributed by atoms with Crippen LogP contribution >= 0.6 is 0 Å². The molecule has 0 amide bonds. The molecule has 0 heterocycles. The molecule has 1 aliphatic carbocycles. The summed E-state index contributed by atoms with van der Waals surface area (Å²) in [7, 11) is 0. The molecule has 0 nitrogen and oxygen atoms in total. The lowest BCUT2D eigenvalue weighted by Crippen LogP contribution is -2.23. The van der Waals surface area contributed by atoms with Crippen molar-refractivity contribution in [3.05, 3.63) is 47.5 Å². The number of hydrogen-bond acceptors (Lipinski definition) is 0. The SMILES string of the molecule is CC(C)(C)C1CCC(=CC#Cc2ccccc2)CC1. The van der Waals surface area contributed by atoms with Gasteiger partial charge in [0.05, 0.1) is 0 Å². The van der Waals surface area contributed by atoms with Gasteiger partial charge in [0.15, 0.2) is 0 Å². The van der Waals surface area contributed by atoms with Crippen molar-refractivity contribution in [2.24, 2.45) is 11.3 Å². The van der Waals surface area contributed by atoms with Crippen molar-refractivity contribution in [3.63, 3.8) is 0 Å². The summed E-state index contributed by atoms with van der Waals surface area (Å²) in [6.45, 7) is 7.09. The van der Waals surface area contributed by atoms with Crippen molar-refractivity contribution >= 4 is 0 Å². The van der Waals surface area contributed by atoms with E-state index in [1.807, 2.05) is 18.2 Å². The Morgan fingerprint density at radius 1 is 1.05 bits per heavy atom. The molecule has 0 saturated heterocycles. The van der Waals surface area contributed by atoms with E-state index in [1.165, 1.54) is 31.3 Å². The molecule has 0 atom stereocenters. The van der Waals surface area contributed by atoms with Crippen molar-refractivity contribution in [2.45, 2.75) is 46.5 Å². The zero-order valence-corrected chi connectivity index (χ0v) is 12.4. The summed E-state index contributed by atoms with van der Waals surface area (Å²) in [5.74, 6) is 7.29. The van der Waals surface area contributed by atoms with E-state index in [1.54, 1.807) is 0 Å². The molecule has 1 saturated carbocycles. The minimum Gasteiger partial charge on any atom is -0.0697 e. The Morgan fingerprint density at radius 3 is 2.26 bits per heavy atom. The van der Waals surface area contributed by atoms with E-state index in [0.717, 1.165) is 11.5 Å². The van der Waals surface area contributed by atoms with Crippen LogP contribution in [0.25, 0.3) is 0 Å². The molecule has 0 N–H and O–H groups in total. The van der Waals surface area contributed by atoms with Gasteiger partial charge in [-0.15, -0.1) is 0 Å². The van der Waals surface area contributed by atoms with Crippen LogP contribution in [0.1, 0.15) is 52.0 Å². The molecule has 1 aromatic carbocycles. The van der Waals surface area contributed by atoms with Crippen molar-refractivity contribution in [2.75, 3.05) is 0 Å². The van der Waals surface area contributed by atoms with Crippen molar-refractivity contribution in [3.8, 4) is 11.8 Å². The summed E-state index contributed by atoms with van der Waals surface area (Å²) >= 11 is 0. The molecule has 100 valence electrons. The third-order valence-electron chi connectivity index (χ3n) is 4.12. The number of hydrogen-bond donors (Lipinski definition) is 0. The van der Waals surface area contributed by atoms with Crippen LogP contribution in [0.15, 0.2) is 42.0 Å². The summed E-state index contributed by atoms with van der Waals surface area (Å²) in [6, 6.07) is 10.2. The molecule has 0 aliphatic heterocycles. The van der Waals surface area contributed by atoms with E-state index in [2.05, 4.69) is 50.8 Å². The fourth-order valence-corrected chi connectivity index (χ4v) is 2.74. The summed E-state index contributed by atoms with van der Waals surface area (Å²) in [5, 5.41) is 0. The lowest BCUT2D eigenvalue weighted by atomic mass is 9.71. The molecular weight excluding hydrogens is 228 g/mol. The smallest absolute Gasteiger partial charge is 0.0248 e. The average molecular weight is 252 g/mol. The summed E-state index contributed by atoms with van der Waals surface area (Å²) in [4.78, 5) is 0. The Bertz CT molecular complexity index is 478. The van der Waals surface area contributed by atoms with Gasteiger partial charge in [0.2, 0.25) is 0 Å². The zero-order chi connectivity index (χ0) is 13.7. The monoisotopic (exact) mass is 252 g/mol. The first kappa shape index (κ1) is 13.9. The summed E-state index contributed by atoms with van der Waals surface area (Å²) in [5.41, 5.74) is 3.09. The maximum absolute atomic E-state index is 3.21. The second-order valence-corrected chi connectivity index (χ2v) is 6.58. The second kappa shape index (κ2) is 6.11. The molecule has 0 aromatic heterocycles. The van der Waals surface area contributed by atoms with E-state index in [-0.39, 0.29) is 0 Å². The fourth-order valence-electron chi connectivity index (χ4n) is 2.74. The first-order valence-corrected chi connectivity index (χ1v) is 7.30. The van der Waals surface area contributed by atoms with Gasteiger partial charge in [-0.2, -0.15) is 0 Å². The van der Waals surface area contributed by atoms with E-state index >= 15 is 0 Å². The van der Waals surface area contributed by atoms with Crippen LogP contribution in [0.2, 0.25) is 0 Å². The van der Waals surface area contributed by atoms with E-state index in [9.17, 15) is 0 Å². The van der Waals surface area contributed by atoms with Crippen molar-refractivity contribution in [1.29, 1.82) is 0 Å². The highest BCUT2D eigenvalue weighted by Gasteiger charge is 2.27. The Labute approximate surface area is 117 Å². The highest BCUT2D eigenvalue weighted by molar-refractivity contribution is 5.37. The average Bonchev–Trinajstić information content (AvgIpc) is 2.39. The number of allylic oxidation sites excluding steroid dienone is 2. The van der Waals surface area contributed by atoms with Gasteiger partial charge < -0.3 is 0 Å². The molecule has 0 bridgehead atoms. The van der Waals surface area contributed by atoms with Gasteiger partial charge >= 0.3 is 0 Å². The van der Waals surface area contributed by atoms with Crippen LogP contribution in [-0.4, -0.2) is 0 Å². The first-order valence-electron chi connectivity index (χ1n) is 7.30. The predicted octanol–water partition coefficient (Wildman–Crippen LogP) is 5.20. The van der Waals surface area contributed by atoms with E-state index in [0.29, 0.717) is 5.41 Å². The zero-order valence-electron chi connectivity index (χ0n) is 12.4. The molecule has 1 fully saturated rings. The maximum atomic E-state index is 3.21. The Morgan fingerprint density at radius 2 is 1.68 bits per heavy atom. The quantitative estimate of drug-likeness (QED) is 0.557. The largest absolute Gasteiger partial charge is 0.0697 e. The molecular formula is C19H24. The van der Waals surface area contributed by atoms with Crippen LogP contribution in [-0.2, 0) is 0 Å². The van der Waals surface area contributed by atoms with Gasteiger partial charge in [-0.3, -0.25) is 0 Å². The molecule has 1 aliphatic rings. The third kappa shape index (κ3) is 4.28. The molecule has 2 rings (SSSR count). The van der Waals surface area contributed by atoms with Gasteiger partial charge in [0.1, 0.15) is 0 Å². The van der Waals surface area contributed by atoms with E-state index in [4.69, 9.17) is 0 Å². The van der Waals surface area contributed by atoms with Gasteiger partial charge in [0.25, 0.3) is 0 Å². The van der Waals surface area contributed by atoms with Gasteiger partial charge in [-0.05, 0) is 55.2 Å². The Hall–Kier alpha value is -1.48. The summed E-state index contributed by atoms with van der Waals surface area (Å²) in [6.07, 6.45) is 7.24. The third-order valence-corrected chi connectivity index (χ3v) is 4.12. The van der Waals surface area contributed by atoms with Crippen LogP contribution in [0.5, 0.6) is 0 Å². The molecule has 0 radical (unpaired) electrons. The highest BCUT2D eigenvalue weighted by atomic mass is 14.3. The van der Waals surface area contributed by atoms with E-state index < -0.39 is 0 Å². The molecule has 1 aromatic rings. The minimum absolute atomic E-state index is 0.460. The minimum atomic E-state index is 0.460. The highest BCUT2D eigenvalue weighted by Crippen LogP contribution is 2.39. The molecule has 0 spiro atoms. The van der Waals surface area contributed by atoms with Crippen LogP contribution < -0.4 is 0 Å². The van der Waals surface area contributed by atoms with Crippen molar-refractivity contribution in [1.82, 2.24) is 0 Å². The predicted molar refractivity (Wildman–Crippen MR) is 82.8 cm³/mol. The van der Waals surface area contributed by atoms with Crippen molar-refractivity contribution < 1.29 is 0 Å². The number of rotatable bonds is 0. The normalized spacial score (nSPS) is 19.5. The topological polar surface area (TPSA) is 0 Å². The summed E-state index contributed by atoms with van der Waals surface area (Å²) < 4.78 is 0. The van der Waals surface area contributed by atoms with Gasteiger partial charge in [-0.1, -0.05) is 56.4 Å². The van der Waals surface area contributed by atoms with Crippen LogP contribution in [0.3, 0.4) is 0 Å². The fraction of sp³-hybridized carbons (Fsp3) is 0.474.